The van der Waals surface area contributed by atoms with Crippen molar-refractivity contribution in [3.05, 3.63) is 0 Å². The van der Waals surface area contributed by atoms with Crippen molar-refractivity contribution in [2.75, 3.05) is 32.8 Å². The molecule has 0 aromatic carbocycles. The molecule has 0 bridgehead atoms. The highest BCUT2D eigenvalue weighted by molar-refractivity contribution is 6.67. The Kier molecular flexibility index (Phi) is 8.33. The predicted octanol–water partition coefficient (Wildman–Crippen LogP) is 3.04. The van der Waals surface area contributed by atoms with Crippen LogP contribution in [0.25, 0.3) is 0 Å². The molecule has 0 aromatic rings. The Bertz CT molecular complexity index is 254. The third-order valence-electron chi connectivity index (χ3n) is 3.44. The SMILES string of the molecule is CCCO[Si](CC)(CCCN1C=NCC1)OCCC. The van der Waals surface area contributed by atoms with Crippen molar-refractivity contribution in [1.29, 1.82) is 0 Å². The van der Waals surface area contributed by atoms with Crippen LogP contribution in [-0.2, 0) is 8.85 Å². The molecular formula is C14H30N2O2Si. The van der Waals surface area contributed by atoms with Gasteiger partial charge >= 0.3 is 8.56 Å². The van der Waals surface area contributed by atoms with Crippen LogP contribution in [0.4, 0.5) is 0 Å². The minimum Gasteiger partial charge on any atom is -0.394 e. The van der Waals surface area contributed by atoms with Gasteiger partial charge in [0.1, 0.15) is 0 Å². The van der Waals surface area contributed by atoms with E-state index in [-0.39, 0.29) is 0 Å². The average molecular weight is 286 g/mol. The molecule has 19 heavy (non-hydrogen) atoms. The molecule has 0 atom stereocenters. The van der Waals surface area contributed by atoms with Crippen molar-refractivity contribution in [2.24, 2.45) is 4.99 Å². The molecule has 5 heteroatoms. The summed E-state index contributed by atoms with van der Waals surface area (Å²) in [5, 5.41) is 0. The van der Waals surface area contributed by atoms with Crippen LogP contribution in [0.1, 0.15) is 40.0 Å². The Morgan fingerprint density at radius 1 is 1.16 bits per heavy atom. The van der Waals surface area contributed by atoms with Gasteiger partial charge in [-0.2, -0.15) is 0 Å². The summed E-state index contributed by atoms with van der Waals surface area (Å²) in [6.07, 6.45) is 5.28. The summed E-state index contributed by atoms with van der Waals surface area (Å²) in [7, 11) is -1.95. The minimum absolute atomic E-state index is 0.842. The van der Waals surface area contributed by atoms with Gasteiger partial charge in [0.15, 0.2) is 0 Å². The molecule has 112 valence electrons. The molecular weight excluding hydrogens is 256 g/mol. The third kappa shape index (κ3) is 6.06. The Balaban J connectivity index is 2.38. The van der Waals surface area contributed by atoms with Crippen LogP contribution in [0.5, 0.6) is 0 Å². The second-order valence-electron chi connectivity index (χ2n) is 5.12. The van der Waals surface area contributed by atoms with Crippen LogP contribution in [0.2, 0.25) is 12.1 Å². The van der Waals surface area contributed by atoms with E-state index < -0.39 is 8.56 Å². The van der Waals surface area contributed by atoms with Gasteiger partial charge in [-0.3, -0.25) is 4.99 Å². The number of hydrogen-bond acceptors (Lipinski definition) is 4. The minimum atomic E-state index is -1.95. The van der Waals surface area contributed by atoms with E-state index in [1.807, 2.05) is 6.34 Å². The summed E-state index contributed by atoms with van der Waals surface area (Å²) in [4.78, 5) is 6.55. The summed E-state index contributed by atoms with van der Waals surface area (Å²) >= 11 is 0. The van der Waals surface area contributed by atoms with Gasteiger partial charge in [0.25, 0.3) is 0 Å². The van der Waals surface area contributed by atoms with Crippen LogP contribution in [0.3, 0.4) is 0 Å². The molecule has 1 heterocycles. The van der Waals surface area contributed by atoms with Gasteiger partial charge in [0.05, 0.1) is 12.9 Å². The van der Waals surface area contributed by atoms with Crippen LogP contribution in [-0.4, -0.2) is 52.6 Å². The lowest BCUT2D eigenvalue weighted by molar-refractivity contribution is 0.167. The Labute approximate surface area is 119 Å². The maximum Gasteiger partial charge on any atom is 0.337 e. The third-order valence-corrected chi connectivity index (χ3v) is 7.09. The summed E-state index contributed by atoms with van der Waals surface area (Å²) < 4.78 is 12.3. The van der Waals surface area contributed by atoms with Crippen LogP contribution >= 0.6 is 0 Å². The fraction of sp³-hybridized carbons (Fsp3) is 0.929. The molecule has 0 amide bonds. The molecule has 1 rings (SSSR count). The molecule has 0 spiro atoms. The summed E-state index contributed by atoms with van der Waals surface area (Å²) in [5.74, 6) is 0. The molecule has 0 radical (unpaired) electrons. The van der Waals surface area contributed by atoms with Crippen molar-refractivity contribution < 1.29 is 8.85 Å². The fourth-order valence-electron chi connectivity index (χ4n) is 2.28. The van der Waals surface area contributed by atoms with E-state index in [9.17, 15) is 0 Å². The summed E-state index contributed by atoms with van der Waals surface area (Å²) in [6, 6.07) is 2.16. The van der Waals surface area contributed by atoms with Gasteiger partial charge < -0.3 is 13.8 Å². The molecule has 0 aromatic heterocycles. The standard InChI is InChI=1S/C14H30N2O2Si/c1-4-11-17-19(6-3,18-12-5-2)13-7-9-16-10-8-15-14-16/h14H,4-13H2,1-3H3. The maximum atomic E-state index is 6.16. The number of hydrogen-bond donors (Lipinski definition) is 0. The van der Waals surface area contributed by atoms with Gasteiger partial charge in [-0.25, -0.2) is 0 Å². The predicted molar refractivity (Wildman–Crippen MR) is 83.1 cm³/mol. The number of nitrogens with zero attached hydrogens (tertiary/aromatic N) is 2. The summed E-state index contributed by atoms with van der Waals surface area (Å²) in [6.45, 7) is 11.3. The molecule has 0 fully saturated rings. The summed E-state index contributed by atoms with van der Waals surface area (Å²) in [5.41, 5.74) is 0. The van der Waals surface area contributed by atoms with Crippen molar-refractivity contribution in [2.45, 2.75) is 52.1 Å². The molecule has 0 aliphatic carbocycles. The lowest BCUT2D eigenvalue weighted by Gasteiger charge is -2.30. The quantitative estimate of drug-likeness (QED) is 0.548. The zero-order valence-electron chi connectivity index (χ0n) is 12.9. The van der Waals surface area contributed by atoms with E-state index in [0.29, 0.717) is 0 Å². The molecule has 0 saturated heterocycles. The van der Waals surface area contributed by atoms with Crippen molar-refractivity contribution in [3.8, 4) is 0 Å². The second-order valence-corrected chi connectivity index (χ2v) is 8.73. The average Bonchev–Trinajstić information content (AvgIpc) is 2.95. The van der Waals surface area contributed by atoms with Gasteiger partial charge in [-0.1, -0.05) is 20.8 Å². The van der Waals surface area contributed by atoms with Crippen LogP contribution in [0, 0.1) is 0 Å². The first-order valence-corrected chi connectivity index (χ1v) is 10.0. The van der Waals surface area contributed by atoms with Gasteiger partial charge in [0.2, 0.25) is 0 Å². The molecule has 0 saturated carbocycles. The lowest BCUT2D eigenvalue weighted by Crippen LogP contribution is -2.42. The van der Waals surface area contributed by atoms with Crippen molar-refractivity contribution in [3.63, 3.8) is 0 Å². The first-order chi connectivity index (χ1) is 9.26. The number of rotatable bonds is 11. The highest BCUT2D eigenvalue weighted by atomic mass is 28.4. The number of aliphatic imine (C=N–C) groups is 1. The van der Waals surface area contributed by atoms with E-state index in [4.69, 9.17) is 8.85 Å². The van der Waals surface area contributed by atoms with Gasteiger partial charge in [-0.05, 0) is 31.4 Å². The molecule has 4 nitrogen and oxygen atoms in total. The van der Waals surface area contributed by atoms with E-state index in [1.54, 1.807) is 0 Å². The Morgan fingerprint density at radius 2 is 1.84 bits per heavy atom. The van der Waals surface area contributed by atoms with E-state index in [0.717, 1.165) is 64.2 Å². The van der Waals surface area contributed by atoms with E-state index in [2.05, 4.69) is 30.7 Å². The van der Waals surface area contributed by atoms with Crippen LogP contribution in [0.15, 0.2) is 4.99 Å². The zero-order valence-corrected chi connectivity index (χ0v) is 13.9. The van der Waals surface area contributed by atoms with E-state index in [1.165, 1.54) is 0 Å². The van der Waals surface area contributed by atoms with Crippen molar-refractivity contribution >= 4 is 14.9 Å². The fourth-order valence-corrected chi connectivity index (χ4v) is 5.26. The maximum absolute atomic E-state index is 6.16. The zero-order chi connectivity index (χ0) is 14.0. The van der Waals surface area contributed by atoms with Gasteiger partial charge in [0, 0.05) is 26.3 Å². The Hall–Kier alpha value is -0.393. The first-order valence-electron chi connectivity index (χ1n) is 7.78. The van der Waals surface area contributed by atoms with E-state index >= 15 is 0 Å². The molecule has 1 aliphatic rings. The normalized spacial score (nSPS) is 15.4. The first kappa shape index (κ1) is 16.7. The topological polar surface area (TPSA) is 34.1 Å². The molecule has 0 N–H and O–H groups in total. The highest BCUT2D eigenvalue weighted by Crippen LogP contribution is 2.22. The Morgan fingerprint density at radius 3 is 2.32 bits per heavy atom. The smallest absolute Gasteiger partial charge is 0.337 e. The largest absolute Gasteiger partial charge is 0.394 e. The monoisotopic (exact) mass is 286 g/mol. The van der Waals surface area contributed by atoms with Gasteiger partial charge in [-0.15, -0.1) is 0 Å². The molecule has 0 unspecified atom stereocenters. The van der Waals surface area contributed by atoms with Crippen LogP contribution < -0.4 is 0 Å². The molecule has 1 aliphatic heterocycles. The highest BCUT2D eigenvalue weighted by Gasteiger charge is 2.34. The van der Waals surface area contributed by atoms with Crippen molar-refractivity contribution in [1.82, 2.24) is 4.90 Å². The lowest BCUT2D eigenvalue weighted by atomic mass is 10.4. The second kappa shape index (κ2) is 9.50.